The highest BCUT2D eigenvalue weighted by molar-refractivity contribution is 5.87. The fraction of sp³-hybridized carbons (Fsp3) is 0.321. The second kappa shape index (κ2) is 10.3. The number of carbonyl (C=O) groups excluding carboxylic acids is 2. The van der Waals surface area contributed by atoms with Crippen LogP contribution in [-0.2, 0) is 4.79 Å². The molecule has 3 aromatic heterocycles. The predicted molar refractivity (Wildman–Crippen MR) is 142 cm³/mol. The molecule has 0 aliphatic carbocycles. The third-order valence-electron chi connectivity index (χ3n) is 7.40. The maximum atomic E-state index is 12.9. The number of benzene rings is 1. The van der Waals surface area contributed by atoms with E-state index >= 15 is 0 Å². The molecule has 0 saturated carbocycles. The Balaban J connectivity index is 1.45. The second-order valence-corrected chi connectivity index (χ2v) is 9.95. The number of rotatable bonds is 7. The number of aromatic nitrogens is 4. The van der Waals surface area contributed by atoms with E-state index in [4.69, 9.17) is 10.7 Å². The van der Waals surface area contributed by atoms with Crippen molar-refractivity contribution in [2.75, 3.05) is 32.0 Å². The quantitative estimate of drug-likeness (QED) is 0.319. The zero-order valence-electron chi connectivity index (χ0n) is 21.1. The third kappa shape index (κ3) is 4.42. The van der Waals surface area contributed by atoms with Gasteiger partial charge in [-0.1, -0.05) is 36.4 Å². The number of amides is 1. The summed E-state index contributed by atoms with van der Waals surface area (Å²) in [5, 5.41) is 23.6. The number of piperidine rings is 1. The molecule has 0 unspecified atom stereocenters. The molecule has 0 spiro atoms. The molecule has 4 aromatic rings. The molecular weight excluding hydrogens is 484 g/mol. The minimum Gasteiger partial charge on any atom is -0.395 e. The smallest absolute Gasteiger partial charge is 0.233 e. The average molecular weight is 515 g/mol. The molecule has 10 heteroatoms. The molecule has 0 bridgehead atoms. The summed E-state index contributed by atoms with van der Waals surface area (Å²) < 4.78 is 1.47. The maximum absolute atomic E-state index is 12.9. The fourth-order valence-electron chi connectivity index (χ4n) is 4.94. The highest BCUT2D eigenvalue weighted by Crippen LogP contribution is 2.35. The molecule has 196 valence electrons. The molecule has 38 heavy (non-hydrogen) atoms. The number of aliphatic hydroxyl groups excluding tert-OH is 2. The molecule has 1 saturated heterocycles. The molecule has 0 radical (unpaired) electrons. The van der Waals surface area contributed by atoms with Crippen LogP contribution in [0.2, 0.25) is 0 Å². The number of likely N-dealkylation sites (tertiary alicyclic amines) is 1. The second-order valence-electron chi connectivity index (χ2n) is 9.95. The van der Waals surface area contributed by atoms with Gasteiger partial charge in [0.1, 0.15) is 5.82 Å². The number of anilines is 1. The van der Waals surface area contributed by atoms with Crippen molar-refractivity contribution in [2.24, 2.45) is 5.41 Å². The molecule has 1 amide bonds. The molecule has 1 fully saturated rings. The van der Waals surface area contributed by atoms with E-state index in [0.717, 1.165) is 22.4 Å². The SMILES string of the molecule is CC(CO)(CO)C(=O)N1CCC(c2nc3c(-c4ccc(-c5ccccc5)nc4)cnn3c(N)c2C=O)CC1. The van der Waals surface area contributed by atoms with Crippen LogP contribution in [0.5, 0.6) is 0 Å². The van der Waals surface area contributed by atoms with Crippen molar-refractivity contribution < 1.29 is 19.8 Å². The van der Waals surface area contributed by atoms with E-state index in [-0.39, 0.29) is 17.6 Å². The Bertz CT molecular complexity index is 1460. The van der Waals surface area contributed by atoms with E-state index in [9.17, 15) is 19.8 Å². The first-order valence-corrected chi connectivity index (χ1v) is 12.6. The highest BCUT2D eigenvalue weighted by Gasteiger charge is 2.38. The van der Waals surface area contributed by atoms with Crippen LogP contribution in [0.25, 0.3) is 28.0 Å². The Kier molecular flexibility index (Phi) is 6.92. The van der Waals surface area contributed by atoms with Gasteiger partial charge in [0.05, 0.1) is 41.8 Å². The monoisotopic (exact) mass is 514 g/mol. The van der Waals surface area contributed by atoms with Crippen LogP contribution in [-0.4, -0.2) is 73.2 Å². The summed E-state index contributed by atoms with van der Waals surface area (Å²) in [5.41, 5.74) is 10.0. The van der Waals surface area contributed by atoms with Gasteiger partial charge in [-0.05, 0) is 25.8 Å². The van der Waals surface area contributed by atoms with E-state index in [2.05, 4.69) is 10.1 Å². The molecule has 10 nitrogen and oxygen atoms in total. The van der Waals surface area contributed by atoms with Gasteiger partial charge in [-0.25, -0.2) is 4.98 Å². The van der Waals surface area contributed by atoms with E-state index in [1.807, 2.05) is 42.5 Å². The van der Waals surface area contributed by atoms with Crippen molar-refractivity contribution in [3.8, 4) is 22.4 Å². The van der Waals surface area contributed by atoms with Crippen LogP contribution in [0.3, 0.4) is 0 Å². The molecule has 5 rings (SSSR count). The molecule has 1 aliphatic heterocycles. The number of pyridine rings is 1. The van der Waals surface area contributed by atoms with Crippen molar-refractivity contribution in [3.05, 3.63) is 66.1 Å². The Hall–Kier alpha value is -4.15. The summed E-state index contributed by atoms with van der Waals surface area (Å²) in [6.07, 6.45) is 5.29. The topological polar surface area (TPSA) is 147 Å². The number of fused-ring (bicyclic) bond motifs is 1. The normalized spacial score (nSPS) is 14.7. The van der Waals surface area contributed by atoms with Crippen LogP contribution < -0.4 is 5.73 Å². The van der Waals surface area contributed by atoms with Crippen molar-refractivity contribution >= 4 is 23.7 Å². The van der Waals surface area contributed by atoms with Crippen molar-refractivity contribution in [1.82, 2.24) is 24.5 Å². The summed E-state index contributed by atoms with van der Waals surface area (Å²) in [6, 6.07) is 13.8. The van der Waals surface area contributed by atoms with E-state index in [1.165, 1.54) is 4.52 Å². The first kappa shape index (κ1) is 25.5. The summed E-state index contributed by atoms with van der Waals surface area (Å²) >= 11 is 0. The number of nitrogens with zero attached hydrogens (tertiary/aromatic N) is 5. The van der Waals surface area contributed by atoms with Gasteiger partial charge in [-0.15, -0.1) is 0 Å². The predicted octanol–water partition coefficient (Wildman–Crippen LogP) is 2.55. The van der Waals surface area contributed by atoms with Crippen molar-refractivity contribution in [3.63, 3.8) is 0 Å². The van der Waals surface area contributed by atoms with Gasteiger partial charge in [0.2, 0.25) is 5.91 Å². The summed E-state index contributed by atoms with van der Waals surface area (Å²) in [5.74, 6) is -0.168. The number of aldehydes is 1. The average Bonchev–Trinajstić information content (AvgIpc) is 3.41. The highest BCUT2D eigenvalue weighted by atomic mass is 16.3. The Morgan fingerprint density at radius 3 is 2.39 bits per heavy atom. The zero-order valence-corrected chi connectivity index (χ0v) is 21.1. The third-order valence-corrected chi connectivity index (χ3v) is 7.40. The maximum Gasteiger partial charge on any atom is 0.233 e. The van der Waals surface area contributed by atoms with Crippen LogP contribution in [0.4, 0.5) is 5.82 Å². The lowest BCUT2D eigenvalue weighted by molar-refractivity contribution is -0.147. The minimum atomic E-state index is -1.22. The standard InChI is InChI=1S/C28H30N6O4/c1-28(16-36,17-37)27(38)33-11-9-19(10-12-33)24-22(15-35)25(29)34-26(32-24)21(14-31-34)20-7-8-23(30-13-20)18-5-3-2-4-6-18/h2-8,13-15,19,36-37H,9-12,16-17,29H2,1H3. The lowest BCUT2D eigenvalue weighted by atomic mass is 9.87. The number of hydrogen-bond acceptors (Lipinski definition) is 8. The minimum absolute atomic E-state index is 0.0950. The van der Waals surface area contributed by atoms with Gasteiger partial charge < -0.3 is 20.8 Å². The van der Waals surface area contributed by atoms with E-state index in [0.29, 0.717) is 49.1 Å². The van der Waals surface area contributed by atoms with Gasteiger partial charge in [-0.3, -0.25) is 14.6 Å². The van der Waals surface area contributed by atoms with Gasteiger partial charge in [0, 0.05) is 41.9 Å². The summed E-state index contributed by atoms with van der Waals surface area (Å²) in [6.45, 7) is 1.52. The van der Waals surface area contributed by atoms with Crippen molar-refractivity contribution in [2.45, 2.75) is 25.7 Å². The summed E-state index contributed by atoms with van der Waals surface area (Å²) in [7, 11) is 0. The molecular formula is C28H30N6O4. The first-order valence-electron chi connectivity index (χ1n) is 12.6. The van der Waals surface area contributed by atoms with E-state index in [1.54, 1.807) is 24.2 Å². The molecule has 0 atom stereocenters. The van der Waals surface area contributed by atoms with Gasteiger partial charge in [0.15, 0.2) is 11.9 Å². The van der Waals surface area contributed by atoms with Gasteiger partial charge in [0.25, 0.3) is 0 Å². The largest absolute Gasteiger partial charge is 0.395 e. The summed E-state index contributed by atoms with van der Waals surface area (Å²) in [4.78, 5) is 36.1. The number of aliphatic hydroxyl groups is 2. The van der Waals surface area contributed by atoms with Gasteiger partial charge in [-0.2, -0.15) is 9.61 Å². The van der Waals surface area contributed by atoms with Gasteiger partial charge >= 0.3 is 0 Å². The molecule has 1 aromatic carbocycles. The molecule has 4 heterocycles. The number of carbonyl (C=O) groups is 2. The molecule has 4 N–H and O–H groups in total. The lowest BCUT2D eigenvalue weighted by Gasteiger charge is -2.37. The Labute approximate surface area is 219 Å². The number of nitrogen functional groups attached to an aromatic ring is 1. The zero-order chi connectivity index (χ0) is 26.9. The fourth-order valence-corrected chi connectivity index (χ4v) is 4.94. The molecule has 1 aliphatic rings. The van der Waals surface area contributed by atoms with Crippen molar-refractivity contribution in [1.29, 1.82) is 0 Å². The Morgan fingerprint density at radius 2 is 1.79 bits per heavy atom. The van der Waals surface area contributed by atoms with E-state index < -0.39 is 18.6 Å². The Morgan fingerprint density at radius 1 is 1.08 bits per heavy atom. The van der Waals surface area contributed by atoms with Crippen LogP contribution in [0.15, 0.2) is 54.9 Å². The lowest BCUT2D eigenvalue weighted by Crippen LogP contribution is -2.49. The first-order chi connectivity index (χ1) is 18.4. The van der Waals surface area contributed by atoms with Crippen LogP contribution in [0.1, 0.15) is 41.7 Å². The van der Waals surface area contributed by atoms with Crippen LogP contribution in [0, 0.1) is 5.41 Å². The number of hydrogen-bond donors (Lipinski definition) is 3. The number of nitrogens with two attached hydrogens (primary N) is 1. The van der Waals surface area contributed by atoms with Crippen LogP contribution >= 0.6 is 0 Å².